The van der Waals surface area contributed by atoms with Gasteiger partial charge >= 0.3 is 5.76 Å². The van der Waals surface area contributed by atoms with Gasteiger partial charge in [0.05, 0.1) is 11.2 Å². The van der Waals surface area contributed by atoms with Gasteiger partial charge in [-0.15, -0.1) is 0 Å². The largest absolute Gasteiger partial charge is 0.419 e. The van der Waals surface area contributed by atoms with Crippen LogP contribution in [0.5, 0.6) is 0 Å². The fraction of sp³-hybridized carbons (Fsp3) is 0.0833. The molecule has 2 heterocycles. The number of aryl methyl sites for hydroxylation is 1. The Bertz CT molecular complexity index is 805. The van der Waals surface area contributed by atoms with Crippen molar-refractivity contribution in [2.24, 2.45) is 12.9 Å². The normalized spacial score (nSPS) is 10.8. The van der Waals surface area contributed by atoms with Gasteiger partial charge in [-0.1, -0.05) is 0 Å². The topological polar surface area (TPSA) is 99.0 Å². The third kappa shape index (κ3) is 1.85. The number of rotatable bonds is 2. The molecule has 1 aromatic carbocycles. The Kier molecular flexibility index (Phi) is 2.53. The number of nitrogen functional groups attached to an aromatic ring is 1. The molecule has 0 amide bonds. The summed E-state index contributed by atoms with van der Waals surface area (Å²) in [7, 11) is 1.66. The molecule has 0 aliphatic heterocycles. The highest BCUT2D eigenvalue weighted by molar-refractivity contribution is 5.79. The number of anilines is 1. The summed E-state index contributed by atoms with van der Waals surface area (Å²) in [6.45, 7) is 0. The highest BCUT2D eigenvalue weighted by Crippen LogP contribution is 2.22. The zero-order valence-corrected chi connectivity index (χ0v) is 10.1. The number of fused-ring (bicyclic) bond motifs is 1. The monoisotopic (exact) mass is 257 g/mol. The maximum absolute atomic E-state index is 11.4. The molecule has 0 aliphatic carbocycles. The number of nitrogens with two attached hydrogens (primary N) is 1. The Labute approximate surface area is 107 Å². The zero-order valence-electron chi connectivity index (χ0n) is 10.1. The van der Waals surface area contributed by atoms with E-state index < -0.39 is 0 Å². The predicted molar refractivity (Wildman–Crippen MR) is 70.3 cm³/mol. The van der Waals surface area contributed by atoms with Crippen LogP contribution in [0.3, 0.4) is 0 Å². The van der Waals surface area contributed by atoms with Crippen LogP contribution in [0, 0.1) is 0 Å². The molecule has 3 rings (SSSR count). The van der Waals surface area contributed by atoms with E-state index in [1.165, 1.54) is 4.57 Å². The summed E-state index contributed by atoms with van der Waals surface area (Å²) in [6, 6.07) is 7.17. The second-order valence-electron chi connectivity index (χ2n) is 4.02. The molecule has 0 saturated heterocycles. The number of nitrogens with one attached hydrogen (secondary N) is 1. The molecule has 7 heteroatoms. The van der Waals surface area contributed by atoms with Crippen molar-refractivity contribution < 1.29 is 4.42 Å². The lowest BCUT2D eigenvalue weighted by molar-refractivity contribution is 0.528. The first-order valence-corrected chi connectivity index (χ1v) is 5.58. The molecule has 19 heavy (non-hydrogen) atoms. The van der Waals surface area contributed by atoms with Gasteiger partial charge in [0.15, 0.2) is 5.58 Å². The lowest BCUT2D eigenvalue weighted by atomic mass is 10.1. The van der Waals surface area contributed by atoms with E-state index in [-0.39, 0.29) is 5.76 Å². The Hall–Kier alpha value is -2.67. The fourth-order valence-corrected chi connectivity index (χ4v) is 1.88. The third-order valence-electron chi connectivity index (χ3n) is 2.87. The molecule has 0 fully saturated rings. The molecule has 0 atom stereocenters. The molecule has 96 valence electrons. The third-order valence-corrected chi connectivity index (χ3v) is 2.87. The first kappa shape index (κ1) is 11.4. The Morgan fingerprint density at radius 2 is 2.21 bits per heavy atom. The number of oxazole rings is 1. The van der Waals surface area contributed by atoms with E-state index in [2.05, 4.69) is 15.4 Å². The van der Waals surface area contributed by atoms with E-state index in [4.69, 9.17) is 10.3 Å². The molecule has 0 saturated carbocycles. The summed E-state index contributed by atoms with van der Waals surface area (Å²) in [5, 5.41) is 0. The molecule has 2 aromatic heterocycles. The van der Waals surface area contributed by atoms with Gasteiger partial charge in [-0.25, -0.2) is 20.6 Å². The van der Waals surface area contributed by atoms with Crippen molar-refractivity contribution in [2.45, 2.75) is 0 Å². The lowest BCUT2D eigenvalue weighted by Crippen LogP contribution is -2.10. The second kappa shape index (κ2) is 4.21. The molecule has 3 aromatic rings. The van der Waals surface area contributed by atoms with Crippen LogP contribution in [0.1, 0.15) is 0 Å². The summed E-state index contributed by atoms with van der Waals surface area (Å²) in [4.78, 5) is 19.6. The van der Waals surface area contributed by atoms with Crippen molar-refractivity contribution in [2.75, 3.05) is 5.43 Å². The van der Waals surface area contributed by atoms with Crippen LogP contribution in [0.2, 0.25) is 0 Å². The first-order valence-electron chi connectivity index (χ1n) is 5.58. The lowest BCUT2D eigenvalue weighted by Gasteiger charge is -2.03. The van der Waals surface area contributed by atoms with Gasteiger partial charge in [-0.2, -0.15) is 0 Å². The van der Waals surface area contributed by atoms with Crippen molar-refractivity contribution in [1.82, 2.24) is 14.5 Å². The smallest absolute Gasteiger partial charge is 0.408 e. The van der Waals surface area contributed by atoms with Crippen LogP contribution < -0.4 is 17.0 Å². The first-order chi connectivity index (χ1) is 9.19. The predicted octanol–water partition coefficient (Wildman–Crippen LogP) is 0.874. The van der Waals surface area contributed by atoms with Gasteiger partial charge in [0.25, 0.3) is 0 Å². The molecular weight excluding hydrogens is 246 g/mol. The van der Waals surface area contributed by atoms with Gasteiger partial charge in [0.1, 0.15) is 0 Å². The van der Waals surface area contributed by atoms with Crippen molar-refractivity contribution >= 4 is 17.0 Å². The Morgan fingerprint density at radius 3 is 3.00 bits per heavy atom. The zero-order chi connectivity index (χ0) is 13.4. The number of nitrogens with zero attached hydrogens (tertiary/aromatic N) is 3. The van der Waals surface area contributed by atoms with Crippen molar-refractivity contribution in [3.8, 4) is 11.3 Å². The van der Waals surface area contributed by atoms with Crippen LogP contribution in [0.25, 0.3) is 22.4 Å². The minimum Gasteiger partial charge on any atom is -0.408 e. The summed E-state index contributed by atoms with van der Waals surface area (Å²) < 4.78 is 6.52. The quantitative estimate of drug-likeness (QED) is 0.522. The van der Waals surface area contributed by atoms with E-state index >= 15 is 0 Å². The highest BCUT2D eigenvalue weighted by Gasteiger charge is 2.08. The van der Waals surface area contributed by atoms with Crippen LogP contribution in [0.4, 0.5) is 5.95 Å². The van der Waals surface area contributed by atoms with Crippen molar-refractivity contribution in [3.05, 3.63) is 41.0 Å². The maximum atomic E-state index is 11.4. The van der Waals surface area contributed by atoms with Crippen LogP contribution in [-0.2, 0) is 7.05 Å². The molecule has 0 spiro atoms. The highest BCUT2D eigenvalue weighted by atomic mass is 16.4. The van der Waals surface area contributed by atoms with Crippen LogP contribution in [-0.4, -0.2) is 14.5 Å². The Morgan fingerprint density at radius 1 is 1.37 bits per heavy atom. The van der Waals surface area contributed by atoms with Gasteiger partial charge < -0.3 is 4.42 Å². The fourth-order valence-electron chi connectivity index (χ4n) is 1.88. The molecule has 7 nitrogen and oxygen atoms in total. The summed E-state index contributed by atoms with van der Waals surface area (Å²) >= 11 is 0. The Balaban J connectivity index is 2.19. The van der Waals surface area contributed by atoms with Crippen molar-refractivity contribution in [3.63, 3.8) is 0 Å². The maximum Gasteiger partial charge on any atom is 0.419 e. The molecule has 0 aliphatic rings. The minimum atomic E-state index is -0.390. The molecule has 0 radical (unpaired) electrons. The van der Waals surface area contributed by atoms with Gasteiger partial charge in [0, 0.05) is 18.8 Å². The molecule has 3 N–H and O–H groups in total. The van der Waals surface area contributed by atoms with Crippen LogP contribution >= 0.6 is 0 Å². The van der Waals surface area contributed by atoms with E-state index in [1.54, 1.807) is 25.4 Å². The number of hydrogen-bond acceptors (Lipinski definition) is 6. The number of aromatic nitrogens is 3. The SMILES string of the molecule is Cn1c(=O)oc2ccc(-c3ccnc(NN)n3)cc21. The number of hydrazine groups is 1. The molecule has 0 bridgehead atoms. The average molecular weight is 257 g/mol. The summed E-state index contributed by atoms with van der Waals surface area (Å²) in [6.07, 6.45) is 1.61. The van der Waals surface area contributed by atoms with E-state index in [9.17, 15) is 4.79 Å². The average Bonchev–Trinajstić information content (AvgIpc) is 2.74. The van der Waals surface area contributed by atoms with Crippen molar-refractivity contribution in [1.29, 1.82) is 0 Å². The minimum absolute atomic E-state index is 0.332. The van der Waals surface area contributed by atoms with Gasteiger partial charge in [-0.05, 0) is 24.3 Å². The number of benzene rings is 1. The molecular formula is C12H11N5O2. The van der Waals surface area contributed by atoms with Crippen LogP contribution in [0.15, 0.2) is 39.7 Å². The van der Waals surface area contributed by atoms with E-state index in [1.807, 2.05) is 12.1 Å². The standard InChI is InChI=1S/C12H11N5O2/c1-17-9-6-7(2-3-10(9)19-12(17)18)8-4-5-14-11(15-8)16-13/h2-6H,13H2,1H3,(H,14,15,16). The molecule has 0 unspecified atom stereocenters. The number of hydrogen-bond donors (Lipinski definition) is 2. The van der Waals surface area contributed by atoms with Gasteiger partial charge in [0.2, 0.25) is 5.95 Å². The van der Waals surface area contributed by atoms with E-state index in [0.717, 1.165) is 5.56 Å². The van der Waals surface area contributed by atoms with E-state index in [0.29, 0.717) is 22.7 Å². The summed E-state index contributed by atoms with van der Waals surface area (Å²) in [5.41, 5.74) is 5.21. The second-order valence-corrected chi connectivity index (χ2v) is 4.02. The van der Waals surface area contributed by atoms with Gasteiger partial charge in [-0.3, -0.25) is 9.99 Å². The summed E-state index contributed by atoms with van der Waals surface area (Å²) in [5.74, 6) is 5.22.